The van der Waals surface area contributed by atoms with Crippen LogP contribution in [0.5, 0.6) is 0 Å². The van der Waals surface area contributed by atoms with E-state index in [0.29, 0.717) is 18.1 Å². The highest BCUT2D eigenvalue weighted by Gasteiger charge is 2.25. The Hall–Kier alpha value is -0.380. The van der Waals surface area contributed by atoms with Crippen molar-refractivity contribution in [3.05, 3.63) is 12.2 Å². The second-order valence-corrected chi connectivity index (χ2v) is 5.62. The van der Waals surface area contributed by atoms with Gasteiger partial charge in [0, 0.05) is 19.1 Å². The first-order valence-corrected chi connectivity index (χ1v) is 7.47. The molecule has 0 amide bonds. The average Bonchev–Trinajstić information content (AvgIpc) is 2.36. The predicted molar refractivity (Wildman–Crippen MR) is 79.7 cm³/mol. The standard InChI is InChI=1S/C15H31N3/c1-6-18(7-2)11-10-16-14-9-8-13(5)15(17-14)12(3)4/h12,14-17H,5-11H2,1-4H3. The molecule has 0 aromatic rings. The highest BCUT2D eigenvalue weighted by molar-refractivity contribution is 5.10. The van der Waals surface area contributed by atoms with Crippen LogP contribution < -0.4 is 10.6 Å². The topological polar surface area (TPSA) is 27.3 Å². The summed E-state index contributed by atoms with van der Waals surface area (Å²) in [4.78, 5) is 2.45. The molecule has 1 aliphatic heterocycles. The van der Waals surface area contributed by atoms with Gasteiger partial charge in [-0.2, -0.15) is 0 Å². The summed E-state index contributed by atoms with van der Waals surface area (Å²) >= 11 is 0. The zero-order valence-corrected chi connectivity index (χ0v) is 12.6. The summed E-state index contributed by atoms with van der Waals surface area (Å²) in [6.07, 6.45) is 2.78. The normalized spacial score (nSPS) is 25.1. The molecule has 0 bridgehead atoms. The molecule has 0 radical (unpaired) electrons. The summed E-state index contributed by atoms with van der Waals surface area (Å²) in [6, 6.07) is 0.477. The Balaban J connectivity index is 2.29. The molecule has 1 heterocycles. The van der Waals surface area contributed by atoms with E-state index in [4.69, 9.17) is 0 Å². The Bertz CT molecular complexity index is 246. The minimum atomic E-state index is 0.457. The molecule has 0 aliphatic carbocycles. The maximum atomic E-state index is 4.19. The summed E-state index contributed by atoms with van der Waals surface area (Å²) in [6.45, 7) is 17.6. The second kappa shape index (κ2) is 7.93. The third-order valence-corrected chi connectivity index (χ3v) is 3.95. The van der Waals surface area contributed by atoms with Crippen molar-refractivity contribution in [2.75, 3.05) is 26.2 Å². The molecule has 2 unspecified atom stereocenters. The first-order valence-electron chi connectivity index (χ1n) is 7.47. The zero-order valence-electron chi connectivity index (χ0n) is 12.6. The van der Waals surface area contributed by atoms with Gasteiger partial charge in [0.1, 0.15) is 0 Å². The third-order valence-electron chi connectivity index (χ3n) is 3.95. The van der Waals surface area contributed by atoms with Crippen molar-refractivity contribution in [1.82, 2.24) is 15.5 Å². The minimum absolute atomic E-state index is 0.457. The average molecular weight is 253 g/mol. The molecule has 1 fully saturated rings. The molecule has 1 saturated heterocycles. The van der Waals surface area contributed by atoms with E-state index in [-0.39, 0.29) is 0 Å². The van der Waals surface area contributed by atoms with Crippen LogP contribution in [0.2, 0.25) is 0 Å². The first-order chi connectivity index (χ1) is 8.58. The number of hydrogen-bond acceptors (Lipinski definition) is 3. The van der Waals surface area contributed by atoms with Gasteiger partial charge in [0.05, 0.1) is 6.17 Å². The van der Waals surface area contributed by atoms with E-state index in [2.05, 4.69) is 49.8 Å². The van der Waals surface area contributed by atoms with Gasteiger partial charge in [0.2, 0.25) is 0 Å². The van der Waals surface area contributed by atoms with E-state index in [9.17, 15) is 0 Å². The van der Waals surface area contributed by atoms with Gasteiger partial charge in [-0.15, -0.1) is 0 Å². The van der Waals surface area contributed by atoms with Crippen LogP contribution in [-0.4, -0.2) is 43.3 Å². The summed E-state index contributed by atoms with van der Waals surface area (Å²) in [5.74, 6) is 0.630. The quantitative estimate of drug-likeness (QED) is 0.681. The van der Waals surface area contributed by atoms with Crippen molar-refractivity contribution in [2.45, 2.75) is 52.7 Å². The van der Waals surface area contributed by atoms with E-state index >= 15 is 0 Å². The maximum absolute atomic E-state index is 4.19. The van der Waals surface area contributed by atoms with Crippen molar-refractivity contribution < 1.29 is 0 Å². The highest BCUT2D eigenvalue weighted by atomic mass is 15.2. The Morgan fingerprint density at radius 3 is 2.61 bits per heavy atom. The fourth-order valence-electron chi connectivity index (χ4n) is 2.66. The molecule has 0 saturated carbocycles. The van der Waals surface area contributed by atoms with Crippen LogP contribution in [0.3, 0.4) is 0 Å². The highest BCUT2D eigenvalue weighted by Crippen LogP contribution is 2.21. The molecule has 0 aromatic carbocycles. The Morgan fingerprint density at radius 1 is 1.39 bits per heavy atom. The molecule has 1 rings (SSSR count). The molecule has 0 spiro atoms. The lowest BCUT2D eigenvalue weighted by Gasteiger charge is -2.36. The molecule has 18 heavy (non-hydrogen) atoms. The number of likely N-dealkylation sites (N-methyl/N-ethyl adjacent to an activating group) is 1. The largest absolute Gasteiger partial charge is 0.303 e. The van der Waals surface area contributed by atoms with Crippen molar-refractivity contribution >= 4 is 0 Å². The van der Waals surface area contributed by atoms with Gasteiger partial charge in [-0.05, 0) is 31.8 Å². The molecular weight excluding hydrogens is 222 g/mol. The fourth-order valence-corrected chi connectivity index (χ4v) is 2.66. The number of nitrogens with one attached hydrogen (secondary N) is 2. The van der Waals surface area contributed by atoms with E-state index in [1.165, 1.54) is 12.0 Å². The van der Waals surface area contributed by atoms with Crippen LogP contribution >= 0.6 is 0 Å². The molecule has 2 atom stereocenters. The number of rotatable bonds is 7. The lowest BCUT2D eigenvalue weighted by molar-refractivity contribution is 0.260. The summed E-state index contributed by atoms with van der Waals surface area (Å²) in [5.41, 5.74) is 1.37. The lowest BCUT2D eigenvalue weighted by atomic mass is 9.89. The van der Waals surface area contributed by atoms with Crippen molar-refractivity contribution in [1.29, 1.82) is 0 Å². The minimum Gasteiger partial charge on any atom is -0.303 e. The SMILES string of the molecule is C=C1CCC(NCCN(CC)CC)NC1C(C)C. The summed E-state index contributed by atoms with van der Waals surface area (Å²) in [5, 5.41) is 7.32. The summed E-state index contributed by atoms with van der Waals surface area (Å²) in [7, 11) is 0. The van der Waals surface area contributed by atoms with Crippen LogP contribution in [0.25, 0.3) is 0 Å². The summed E-state index contributed by atoms with van der Waals surface area (Å²) < 4.78 is 0. The molecular formula is C15H31N3. The molecule has 3 heteroatoms. The van der Waals surface area contributed by atoms with E-state index in [1.54, 1.807) is 0 Å². The van der Waals surface area contributed by atoms with Gasteiger partial charge in [0.25, 0.3) is 0 Å². The van der Waals surface area contributed by atoms with Crippen LogP contribution in [0, 0.1) is 5.92 Å². The van der Waals surface area contributed by atoms with Gasteiger partial charge in [-0.1, -0.05) is 39.8 Å². The third kappa shape index (κ3) is 4.71. The predicted octanol–water partition coefficient (Wildman–Crippen LogP) is 2.21. The van der Waals surface area contributed by atoms with Crippen molar-refractivity contribution in [3.63, 3.8) is 0 Å². The zero-order chi connectivity index (χ0) is 13.5. The molecule has 0 aromatic heterocycles. The number of nitrogens with zero attached hydrogens (tertiary/aromatic N) is 1. The van der Waals surface area contributed by atoms with Crippen LogP contribution in [0.15, 0.2) is 12.2 Å². The molecule has 2 N–H and O–H groups in total. The molecule has 1 aliphatic rings. The first kappa shape index (κ1) is 15.7. The van der Waals surface area contributed by atoms with Gasteiger partial charge >= 0.3 is 0 Å². The second-order valence-electron chi connectivity index (χ2n) is 5.62. The van der Waals surface area contributed by atoms with E-state index in [0.717, 1.165) is 32.6 Å². The Kier molecular flexibility index (Phi) is 6.90. The number of piperidine rings is 1. The van der Waals surface area contributed by atoms with Gasteiger partial charge in [0.15, 0.2) is 0 Å². The Labute approximate surface area is 113 Å². The van der Waals surface area contributed by atoms with Crippen molar-refractivity contribution in [3.8, 4) is 0 Å². The maximum Gasteiger partial charge on any atom is 0.0579 e. The monoisotopic (exact) mass is 253 g/mol. The van der Waals surface area contributed by atoms with Gasteiger partial charge in [-0.25, -0.2) is 0 Å². The molecule has 106 valence electrons. The van der Waals surface area contributed by atoms with Crippen LogP contribution in [0.1, 0.15) is 40.5 Å². The van der Waals surface area contributed by atoms with Gasteiger partial charge in [-0.3, -0.25) is 5.32 Å². The fraction of sp³-hybridized carbons (Fsp3) is 0.867. The number of hydrogen-bond donors (Lipinski definition) is 2. The van der Waals surface area contributed by atoms with Crippen LogP contribution in [0.4, 0.5) is 0 Å². The van der Waals surface area contributed by atoms with E-state index < -0.39 is 0 Å². The van der Waals surface area contributed by atoms with Gasteiger partial charge < -0.3 is 10.2 Å². The van der Waals surface area contributed by atoms with Crippen LogP contribution in [-0.2, 0) is 0 Å². The Morgan fingerprint density at radius 2 is 2.06 bits per heavy atom. The van der Waals surface area contributed by atoms with Crippen molar-refractivity contribution in [2.24, 2.45) is 5.92 Å². The molecule has 3 nitrogen and oxygen atoms in total. The van der Waals surface area contributed by atoms with E-state index in [1.807, 2.05) is 0 Å². The smallest absolute Gasteiger partial charge is 0.0579 e. The lowest BCUT2D eigenvalue weighted by Crippen LogP contribution is -2.54.